The summed E-state index contributed by atoms with van der Waals surface area (Å²) in [4.78, 5) is 14.7. The van der Waals surface area contributed by atoms with E-state index in [4.69, 9.17) is 5.26 Å². The summed E-state index contributed by atoms with van der Waals surface area (Å²) in [6, 6.07) is 5.73. The van der Waals surface area contributed by atoms with E-state index in [0.29, 0.717) is 19.5 Å². The van der Waals surface area contributed by atoms with Crippen molar-refractivity contribution >= 4 is 17.2 Å². The Morgan fingerprint density at radius 1 is 1.75 bits per heavy atom. The van der Waals surface area contributed by atoms with Gasteiger partial charge in [-0.25, -0.2) is 0 Å². The predicted molar refractivity (Wildman–Crippen MR) is 62.0 cm³/mol. The summed E-state index contributed by atoms with van der Waals surface area (Å²) in [7, 11) is 0. The van der Waals surface area contributed by atoms with Gasteiger partial charge in [-0.3, -0.25) is 4.79 Å². The topological polar surface area (TPSA) is 56.1 Å². The van der Waals surface area contributed by atoms with Gasteiger partial charge in [-0.15, -0.1) is 11.3 Å². The summed E-state index contributed by atoms with van der Waals surface area (Å²) in [5, 5.41) is 14.0. The van der Waals surface area contributed by atoms with Gasteiger partial charge in [-0.2, -0.15) is 5.26 Å². The van der Waals surface area contributed by atoms with Crippen LogP contribution in [0, 0.1) is 11.3 Å². The van der Waals surface area contributed by atoms with Crippen molar-refractivity contribution in [3.8, 4) is 6.07 Å². The van der Waals surface area contributed by atoms with Crippen LogP contribution in [0.25, 0.3) is 0 Å². The van der Waals surface area contributed by atoms with E-state index >= 15 is 0 Å². The largest absolute Gasteiger partial charge is 0.324 e. The van der Waals surface area contributed by atoms with Gasteiger partial charge in [0.15, 0.2) is 0 Å². The van der Waals surface area contributed by atoms with Crippen LogP contribution in [0.15, 0.2) is 17.5 Å². The highest BCUT2D eigenvalue weighted by atomic mass is 32.1. The number of nitrogens with zero attached hydrogens (tertiary/aromatic N) is 2. The number of carbonyl (C=O) groups is 1. The summed E-state index contributed by atoms with van der Waals surface area (Å²) in [5.74, 6) is 0.0514. The van der Waals surface area contributed by atoms with Gasteiger partial charge in [-0.1, -0.05) is 6.07 Å². The highest BCUT2D eigenvalue weighted by molar-refractivity contribution is 7.10. The van der Waals surface area contributed by atoms with Crippen LogP contribution in [0.3, 0.4) is 0 Å². The number of nitriles is 1. The molecule has 1 amide bonds. The third-order valence-electron chi connectivity index (χ3n) is 2.62. The van der Waals surface area contributed by atoms with E-state index in [1.54, 1.807) is 16.2 Å². The van der Waals surface area contributed by atoms with Crippen molar-refractivity contribution in [2.24, 2.45) is 0 Å². The Balaban J connectivity index is 2.00. The number of hydrogen-bond donors (Lipinski definition) is 1. The third kappa shape index (κ3) is 2.40. The zero-order chi connectivity index (χ0) is 11.4. The molecule has 0 aliphatic carbocycles. The average Bonchev–Trinajstić information content (AvgIpc) is 2.81. The van der Waals surface area contributed by atoms with Gasteiger partial charge >= 0.3 is 0 Å². The summed E-state index contributed by atoms with van der Waals surface area (Å²) in [5.41, 5.74) is 0. The standard InChI is InChI=1S/C11H13N3OS/c12-7-9-8-13-3-4-14(9)11(15)6-10-2-1-5-16-10/h1-2,5,9,13H,3-4,6,8H2. The first kappa shape index (κ1) is 11.1. The quantitative estimate of drug-likeness (QED) is 0.817. The van der Waals surface area contributed by atoms with Crippen molar-refractivity contribution in [3.63, 3.8) is 0 Å². The molecule has 1 N–H and O–H groups in total. The van der Waals surface area contributed by atoms with E-state index in [1.807, 2.05) is 17.5 Å². The lowest BCUT2D eigenvalue weighted by Crippen LogP contribution is -2.53. The van der Waals surface area contributed by atoms with E-state index in [0.717, 1.165) is 11.4 Å². The number of rotatable bonds is 2. The molecule has 0 aromatic carbocycles. The Kier molecular flexibility index (Phi) is 3.54. The van der Waals surface area contributed by atoms with Crippen LogP contribution in [-0.4, -0.2) is 36.5 Å². The summed E-state index contributed by atoms with van der Waals surface area (Å²) < 4.78 is 0. The summed E-state index contributed by atoms with van der Waals surface area (Å²) >= 11 is 1.58. The molecular weight excluding hydrogens is 222 g/mol. The van der Waals surface area contributed by atoms with E-state index in [2.05, 4.69) is 11.4 Å². The molecule has 1 aliphatic heterocycles. The molecule has 84 valence electrons. The fourth-order valence-corrected chi connectivity index (χ4v) is 2.48. The second-order valence-corrected chi connectivity index (χ2v) is 4.72. The van der Waals surface area contributed by atoms with Crippen LogP contribution in [0.4, 0.5) is 0 Å². The second kappa shape index (κ2) is 5.10. The molecule has 1 aromatic rings. The fourth-order valence-electron chi connectivity index (χ4n) is 1.78. The zero-order valence-corrected chi connectivity index (χ0v) is 9.67. The molecule has 1 fully saturated rings. The maximum atomic E-state index is 12.0. The molecule has 2 heterocycles. The molecule has 4 nitrogen and oxygen atoms in total. The van der Waals surface area contributed by atoms with E-state index in [1.165, 1.54) is 0 Å². The van der Waals surface area contributed by atoms with Crippen molar-refractivity contribution < 1.29 is 4.79 Å². The molecule has 0 spiro atoms. The van der Waals surface area contributed by atoms with Crippen LogP contribution in [-0.2, 0) is 11.2 Å². The van der Waals surface area contributed by atoms with E-state index in [9.17, 15) is 4.79 Å². The fraction of sp³-hybridized carbons (Fsp3) is 0.455. The highest BCUT2D eigenvalue weighted by Crippen LogP contribution is 2.12. The number of hydrogen-bond acceptors (Lipinski definition) is 4. The van der Waals surface area contributed by atoms with Gasteiger partial charge in [0.05, 0.1) is 12.5 Å². The number of thiophene rings is 1. The first-order valence-electron chi connectivity index (χ1n) is 5.23. The van der Waals surface area contributed by atoms with Gasteiger partial charge in [0, 0.05) is 24.5 Å². The lowest BCUT2D eigenvalue weighted by atomic mass is 10.2. The minimum Gasteiger partial charge on any atom is -0.324 e. The highest BCUT2D eigenvalue weighted by Gasteiger charge is 2.26. The van der Waals surface area contributed by atoms with Crippen LogP contribution < -0.4 is 5.32 Å². The molecule has 0 saturated carbocycles. The molecular formula is C11H13N3OS. The Morgan fingerprint density at radius 2 is 2.62 bits per heavy atom. The predicted octanol–water partition coefficient (Wildman–Crippen LogP) is 0.615. The van der Waals surface area contributed by atoms with Crippen molar-refractivity contribution in [2.75, 3.05) is 19.6 Å². The molecule has 1 aromatic heterocycles. The van der Waals surface area contributed by atoms with Crippen LogP contribution in [0.5, 0.6) is 0 Å². The van der Waals surface area contributed by atoms with Gasteiger partial charge in [-0.05, 0) is 11.4 Å². The number of amides is 1. The van der Waals surface area contributed by atoms with Crippen LogP contribution in [0.1, 0.15) is 4.88 Å². The Hall–Kier alpha value is -1.38. The van der Waals surface area contributed by atoms with Gasteiger partial charge in [0.2, 0.25) is 5.91 Å². The average molecular weight is 235 g/mol. The molecule has 1 unspecified atom stereocenters. The number of nitrogens with one attached hydrogen (secondary N) is 1. The monoisotopic (exact) mass is 235 g/mol. The second-order valence-electron chi connectivity index (χ2n) is 3.69. The van der Waals surface area contributed by atoms with Crippen molar-refractivity contribution in [3.05, 3.63) is 22.4 Å². The molecule has 16 heavy (non-hydrogen) atoms. The molecule has 2 rings (SSSR count). The normalized spacial score (nSPS) is 20.4. The van der Waals surface area contributed by atoms with Gasteiger partial charge in [0.25, 0.3) is 0 Å². The molecule has 5 heteroatoms. The minimum absolute atomic E-state index is 0.0514. The lowest BCUT2D eigenvalue weighted by molar-refractivity contribution is -0.132. The lowest BCUT2D eigenvalue weighted by Gasteiger charge is -2.31. The molecule has 0 radical (unpaired) electrons. The maximum Gasteiger partial charge on any atom is 0.228 e. The van der Waals surface area contributed by atoms with Crippen molar-refractivity contribution in [1.29, 1.82) is 5.26 Å². The smallest absolute Gasteiger partial charge is 0.228 e. The van der Waals surface area contributed by atoms with Gasteiger partial charge in [0.1, 0.15) is 6.04 Å². The Labute approximate surface area is 98.5 Å². The van der Waals surface area contributed by atoms with E-state index < -0.39 is 0 Å². The Morgan fingerprint density at radius 3 is 3.31 bits per heavy atom. The minimum atomic E-state index is -0.318. The van der Waals surface area contributed by atoms with Crippen LogP contribution >= 0.6 is 11.3 Å². The number of piperazine rings is 1. The number of carbonyl (C=O) groups excluding carboxylic acids is 1. The zero-order valence-electron chi connectivity index (χ0n) is 8.85. The molecule has 1 saturated heterocycles. The first-order valence-corrected chi connectivity index (χ1v) is 6.11. The Bertz CT molecular complexity index is 396. The SMILES string of the molecule is N#CC1CNCCN1C(=O)Cc1cccs1. The first-order chi connectivity index (χ1) is 7.81. The van der Waals surface area contributed by atoms with E-state index in [-0.39, 0.29) is 11.9 Å². The molecule has 0 bridgehead atoms. The van der Waals surface area contributed by atoms with Crippen LogP contribution in [0.2, 0.25) is 0 Å². The van der Waals surface area contributed by atoms with Crippen molar-refractivity contribution in [1.82, 2.24) is 10.2 Å². The third-order valence-corrected chi connectivity index (χ3v) is 3.49. The summed E-state index contributed by atoms with van der Waals surface area (Å²) in [6.45, 7) is 1.98. The molecule has 1 aliphatic rings. The van der Waals surface area contributed by atoms with Crippen molar-refractivity contribution in [2.45, 2.75) is 12.5 Å². The maximum absolute atomic E-state index is 12.0. The molecule has 1 atom stereocenters. The summed E-state index contributed by atoms with van der Waals surface area (Å²) in [6.07, 6.45) is 0.413. The van der Waals surface area contributed by atoms with Gasteiger partial charge < -0.3 is 10.2 Å².